The van der Waals surface area contributed by atoms with E-state index in [0.717, 1.165) is 76.7 Å². The van der Waals surface area contributed by atoms with E-state index in [9.17, 15) is 4.79 Å². The summed E-state index contributed by atoms with van der Waals surface area (Å²) in [4.78, 5) is 17.1. The Kier molecular flexibility index (Phi) is 6.96. The zero-order valence-corrected chi connectivity index (χ0v) is 18.5. The van der Waals surface area contributed by atoms with Crippen molar-refractivity contribution in [3.8, 4) is 0 Å². The Morgan fingerprint density at radius 1 is 1.17 bits per heavy atom. The molecule has 0 bridgehead atoms. The summed E-state index contributed by atoms with van der Waals surface area (Å²) in [6.07, 6.45) is 6.89. The van der Waals surface area contributed by atoms with Gasteiger partial charge in [-0.1, -0.05) is 13.0 Å². The topological polar surface area (TPSA) is 70.8 Å². The van der Waals surface area contributed by atoms with E-state index >= 15 is 0 Å². The summed E-state index contributed by atoms with van der Waals surface area (Å²) in [6.45, 7) is 10.4. The largest absolute Gasteiger partial charge is 0.381 e. The van der Waals surface area contributed by atoms with Crippen molar-refractivity contribution >= 4 is 11.6 Å². The maximum absolute atomic E-state index is 12.2. The minimum atomic E-state index is -0.335. The van der Waals surface area contributed by atoms with Gasteiger partial charge in [0.2, 0.25) is 0 Å². The van der Waals surface area contributed by atoms with Gasteiger partial charge in [0.1, 0.15) is 0 Å². The fourth-order valence-corrected chi connectivity index (χ4v) is 5.30. The molecule has 1 aromatic carbocycles. The van der Waals surface area contributed by atoms with E-state index in [1.54, 1.807) is 0 Å². The van der Waals surface area contributed by atoms with Gasteiger partial charge in [-0.05, 0) is 75.2 Å². The Morgan fingerprint density at radius 3 is 2.53 bits per heavy atom. The molecule has 1 aromatic rings. The fraction of sp³-hybridized carbons (Fsp3) is 0.708. The number of piperidine rings is 1. The molecule has 166 valence electrons. The van der Waals surface area contributed by atoms with Crippen molar-refractivity contribution in [2.24, 2.45) is 11.7 Å². The van der Waals surface area contributed by atoms with Gasteiger partial charge in [0.05, 0.1) is 5.56 Å². The van der Waals surface area contributed by atoms with E-state index in [1.807, 2.05) is 6.07 Å². The summed E-state index contributed by atoms with van der Waals surface area (Å²) in [6, 6.07) is 6.30. The van der Waals surface area contributed by atoms with Gasteiger partial charge in [0.25, 0.3) is 5.91 Å². The molecule has 0 saturated carbocycles. The number of nitrogens with zero attached hydrogens (tertiary/aromatic N) is 2. The molecule has 3 aliphatic heterocycles. The number of likely N-dealkylation sites (tertiary alicyclic amines) is 1. The molecule has 0 unspecified atom stereocenters. The van der Waals surface area contributed by atoms with Gasteiger partial charge in [-0.2, -0.15) is 0 Å². The molecule has 3 N–H and O–H groups in total. The Hall–Kier alpha value is -1.63. The third kappa shape index (κ3) is 4.82. The number of nitrogens with one attached hydrogen (secondary N) is 1. The highest BCUT2D eigenvalue weighted by molar-refractivity contribution is 5.98. The monoisotopic (exact) mass is 414 g/mol. The van der Waals surface area contributed by atoms with Crippen molar-refractivity contribution in [3.05, 3.63) is 29.3 Å². The third-order valence-corrected chi connectivity index (χ3v) is 7.38. The molecule has 0 aromatic heterocycles. The standard InChI is InChI=1S/C24H38N4O2/c1-19-6-13-28(14-7-19)22-18-20(4-5-21(22)23(25)29)24(8-16-30-17-9-24)26-10-15-27-11-2-3-12-27/h4-5,18-19,26H,2-3,6-17H2,1H3,(H2,25,29). The number of rotatable bonds is 7. The zero-order valence-electron chi connectivity index (χ0n) is 18.5. The number of ether oxygens (including phenoxy) is 1. The number of amides is 1. The summed E-state index contributed by atoms with van der Waals surface area (Å²) < 4.78 is 5.71. The van der Waals surface area contributed by atoms with Crippen molar-refractivity contribution < 1.29 is 9.53 Å². The van der Waals surface area contributed by atoms with Crippen molar-refractivity contribution in [1.29, 1.82) is 0 Å². The maximum atomic E-state index is 12.2. The van der Waals surface area contributed by atoms with E-state index < -0.39 is 0 Å². The van der Waals surface area contributed by atoms with Crippen molar-refractivity contribution in [2.45, 2.75) is 51.0 Å². The number of carbonyl (C=O) groups is 1. The van der Waals surface area contributed by atoms with Crippen molar-refractivity contribution in [1.82, 2.24) is 10.2 Å². The second kappa shape index (κ2) is 9.67. The molecule has 0 atom stereocenters. The predicted molar refractivity (Wildman–Crippen MR) is 121 cm³/mol. The van der Waals surface area contributed by atoms with Crippen LogP contribution in [0.5, 0.6) is 0 Å². The Labute approximate surface area is 181 Å². The summed E-state index contributed by atoms with van der Waals surface area (Å²) in [5.41, 5.74) is 8.59. The van der Waals surface area contributed by atoms with Gasteiger partial charge in [-0.25, -0.2) is 0 Å². The van der Waals surface area contributed by atoms with E-state index in [2.05, 4.69) is 34.2 Å². The first kappa shape index (κ1) is 21.6. The highest BCUT2D eigenvalue weighted by Gasteiger charge is 2.35. The summed E-state index contributed by atoms with van der Waals surface area (Å²) >= 11 is 0. The van der Waals surface area contributed by atoms with Gasteiger partial charge in [-0.15, -0.1) is 0 Å². The maximum Gasteiger partial charge on any atom is 0.250 e. The van der Waals surface area contributed by atoms with E-state index in [4.69, 9.17) is 10.5 Å². The van der Waals surface area contributed by atoms with E-state index in [-0.39, 0.29) is 11.4 Å². The molecule has 3 fully saturated rings. The molecule has 4 rings (SSSR count). The zero-order chi connectivity index (χ0) is 21.0. The second-order valence-corrected chi connectivity index (χ2v) is 9.44. The number of anilines is 1. The van der Waals surface area contributed by atoms with Gasteiger partial charge in [-0.3, -0.25) is 4.79 Å². The minimum absolute atomic E-state index is 0.0913. The molecular weight excluding hydrogens is 376 g/mol. The minimum Gasteiger partial charge on any atom is -0.381 e. The molecule has 0 aliphatic carbocycles. The molecule has 3 heterocycles. The number of primary amides is 1. The van der Waals surface area contributed by atoms with Crippen LogP contribution in [0, 0.1) is 5.92 Å². The quantitative estimate of drug-likeness (QED) is 0.718. The SMILES string of the molecule is CC1CCN(c2cc(C3(NCCN4CCCC4)CCOCC3)ccc2C(N)=O)CC1. The first-order chi connectivity index (χ1) is 14.6. The lowest BCUT2D eigenvalue weighted by Crippen LogP contribution is -2.49. The molecule has 1 amide bonds. The molecular formula is C24H38N4O2. The van der Waals surface area contributed by atoms with E-state index in [1.165, 1.54) is 31.5 Å². The first-order valence-corrected chi connectivity index (χ1v) is 11.8. The van der Waals surface area contributed by atoms with Crippen LogP contribution in [0.15, 0.2) is 18.2 Å². The van der Waals surface area contributed by atoms with E-state index in [0.29, 0.717) is 5.56 Å². The number of hydrogen-bond donors (Lipinski definition) is 2. The Morgan fingerprint density at radius 2 is 1.87 bits per heavy atom. The van der Waals surface area contributed by atoms with Gasteiger partial charge >= 0.3 is 0 Å². The van der Waals surface area contributed by atoms with Gasteiger partial charge in [0.15, 0.2) is 0 Å². The molecule has 0 spiro atoms. The number of hydrogen-bond acceptors (Lipinski definition) is 5. The Bertz CT molecular complexity index is 718. The van der Waals surface area contributed by atoms with Crippen molar-refractivity contribution in [2.75, 3.05) is 57.4 Å². The van der Waals surface area contributed by atoms with Crippen molar-refractivity contribution in [3.63, 3.8) is 0 Å². The third-order valence-electron chi connectivity index (χ3n) is 7.38. The average Bonchev–Trinajstić information content (AvgIpc) is 3.28. The molecule has 0 radical (unpaired) electrons. The summed E-state index contributed by atoms with van der Waals surface area (Å²) in [7, 11) is 0. The van der Waals surface area contributed by atoms with Crippen LogP contribution in [0.4, 0.5) is 5.69 Å². The highest BCUT2D eigenvalue weighted by atomic mass is 16.5. The second-order valence-electron chi connectivity index (χ2n) is 9.44. The molecule has 3 aliphatic rings. The first-order valence-electron chi connectivity index (χ1n) is 11.8. The molecule has 6 heteroatoms. The van der Waals surface area contributed by atoms with Crippen LogP contribution in [-0.2, 0) is 10.3 Å². The van der Waals surface area contributed by atoms with Crippen LogP contribution < -0.4 is 16.0 Å². The molecule has 6 nitrogen and oxygen atoms in total. The average molecular weight is 415 g/mol. The lowest BCUT2D eigenvalue weighted by atomic mass is 9.81. The van der Waals surface area contributed by atoms with Crippen LogP contribution in [0.25, 0.3) is 0 Å². The lowest BCUT2D eigenvalue weighted by molar-refractivity contribution is 0.0358. The summed E-state index contributed by atoms with van der Waals surface area (Å²) in [5, 5.41) is 3.91. The van der Waals surface area contributed by atoms with Gasteiger partial charge < -0.3 is 25.6 Å². The highest BCUT2D eigenvalue weighted by Crippen LogP contribution is 2.36. The van der Waals surface area contributed by atoms with Gasteiger partial charge in [0, 0.05) is 50.6 Å². The predicted octanol–water partition coefficient (Wildman–Crippen LogP) is 2.71. The Balaban J connectivity index is 1.57. The van der Waals surface area contributed by atoms with Crippen LogP contribution >= 0.6 is 0 Å². The molecule has 30 heavy (non-hydrogen) atoms. The smallest absolute Gasteiger partial charge is 0.250 e. The van der Waals surface area contributed by atoms with Crippen LogP contribution in [0.2, 0.25) is 0 Å². The number of benzene rings is 1. The van der Waals surface area contributed by atoms with Crippen LogP contribution in [0.1, 0.15) is 61.4 Å². The molecule has 3 saturated heterocycles. The lowest BCUT2D eigenvalue weighted by Gasteiger charge is -2.40. The number of carbonyl (C=O) groups excluding carboxylic acids is 1. The summed E-state index contributed by atoms with van der Waals surface area (Å²) in [5.74, 6) is 0.411. The van der Waals surface area contributed by atoms with Crippen LogP contribution in [0.3, 0.4) is 0 Å². The normalized spacial score (nSPS) is 23.0. The number of nitrogens with two attached hydrogens (primary N) is 1. The van der Waals surface area contributed by atoms with Crippen LogP contribution in [-0.4, -0.2) is 63.3 Å². The fourth-order valence-electron chi connectivity index (χ4n) is 5.30.